The average molecular weight is 349 g/mol. The molecule has 0 aliphatic rings. The molecule has 0 amide bonds. The van der Waals surface area contributed by atoms with E-state index in [1.54, 1.807) is 38.3 Å². The van der Waals surface area contributed by atoms with Crippen LogP contribution in [-0.4, -0.2) is 31.3 Å². The molecule has 0 saturated carbocycles. The van der Waals surface area contributed by atoms with Gasteiger partial charge in [0.25, 0.3) is 0 Å². The fourth-order valence-corrected chi connectivity index (χ4v) is 4.70. The van der Waals surface area contributed by atoms with Gasteiger partial charge in [-0.3, -0.25) is 0 Å². The van der Waals surface area contributed by atoms with Crippen LogP contribution in [0.3, 0.4) is 0 Å². The number of benzene rings is 2. The first kappa shape index (κ1) is 17.7. The van der Waals surface area contributed by atoms with E-state index in [4.69, 9.17) is 4.74 Å². The fraction of sp³-hybridized carbons (Fsp3) is 0.294. The van der Waals surface area contributed by atoms with E-state index in [9.17, 15) is 14.7 Å². The summed E-state index contributed by atoms with van der Waals surface area (Å²) in [6, 6.07) is 13.0. The maximum Gasteiger partial charge on any atom is 0.217 e. The van der Waals surface area contributed by atoms with Crippen molar-refractivity contribution in [2.24, 2.45) is 0 Å². The zero-order valence-corrected chi connectivity index (χ0v) is 16.0. The van der Waals surface area contributed by atoms with E-state index < -0.39 is 16.6 Å². The summed E-state index contributed by atoms with van der Waals surface area (Å²) < 4.78 is 5.81. The molecule has 0 fully saturated rings. The van der Waals surface area contributed by atoms with Crippen LogP contribution in [0.25, 0.3) is 0 Å². The Kier molecular flexibility index (Phi) is 5.00. The number of rotatable bonds is 5. The van der Waals surface area contributed by atoms with Gasteiger partial charge in [0, 0.05) is 5.19 Å². The molecule has 0 saturated heterocycles. The van der Waals surface area contributed by atoms with Crippen molar-refractivity contribution in [3.8, 4) is 11.5 Å². The Morgan fingerprint density at radius 3 is 2.04 bits per heavy atom. The van der Waals surface area contributed by atoms with E-state index in [1.807, 2.05) is 30.3 Å². The van der Waals surface area contributed by atoms with Crippen LogP contribution in [0, 0.1) is 0 Å². The molecule has 0 heterocycles. The van der Waals surface area contributed by atoms with E-state index in [0.29, 0.717) is 22.7 Å². The first-order valence-corrected chi connectivity index (χ1v) is 13.5. The second-order valence-electron chi connectivity index (χ2n) is 6.76. The molecule has 0 radical (unpaired) electrons. The van der Waals surface area contributed by atoms with E-state index in [1.165, 1.54) is 0 Å². The largest absolute Gasteiger partial charge is 0.504 e. The van der Waals surface area contributed by atoms with Gasteiger partial charge < -0.3 is 19.4 Å². The highest BCUT2D eigenvalue weighted by Crippen LogP contribution is 2.26. The van der Waals surface area contributed by atoms with Crippen molar-refractivity contribution in [2.75, 3.05) is 0 Å². The molecular weight excluding hydrogens is 324 g/mol. The van der Waals surface area contributed by atoms with Crippen molar-refractivity contribution in [1.82, 2.24) is 0 Å². The van der Waals surface area contributed by atoms with Crippen molar-refractivity contribution in [1.29, 1.82) is 0 Å². The molecule has 0 atom stereocenters. The van der Waals surface area contributed by atoms with Crippen molar-refractivity contribution >= 4 is 27.0 Å². The number of ether oxygens (including phenoxy) is 1. The van der Waals surface area contributed by atoms with Crippen molar-refractivity contribution in [3.05, 3.63) is 48.0 Å². The number of hydrogen-bond donors (Lipinski definition) is 3. The summed E-state index contributed by atoms with van der Waals surface area (Å²) in [6.07, 6.45) is 0. The Balaban J connectivity index is 2.41. The van der Waals surface area contributed by atoms with Gasteiger partial charge in [-0.05, 0) is 43.0 Å². The summed E-state index contributed by atoms with van der Waals surface area (Å²) >= 11 is 0. The van der Waals surface area contributed by atoms with Crippen LogP contribution in [0.1, 0.15) is 5.56 Å². The molecule has 4 nitrogen and oxygen atoms in total. The normalized spacial score (nSPS) is 12.3. The van der Waals surface area contributed by atoms with Gasteiger partial charge in [0.15, 0.2) is 11.5 Å². The Morgan fingerprint density at radius 2 is 1.52 bits per heavy atom. The highest BCUT2D eigenvalue weighted by atomic mass is 28.4. The first-order chi connectivity index (χ1) is 10.6. The summed E-state index contributed by atoms with van der Waals surface area (Å²) in [7, 11) is -5.32. The van der Waals surface area contributed by atoms with Gasteiger partial charge in [-0.1, -0.05) is 36.4 Å². The fourth-order valence-electron chi connectivity index (χ4n) is 2.30. The molecule has 0 spiro atoms. The number of phenols is 1. The van der Waals surface area contributed by atoms with E-state index >= 15 is 0 Å². The summed E-state index contributed by atoms with van der Waals surface area (Å²) in [5.74, 6) is 0.285. The Hall–Kier alpha value is -1.61. The molecule has 0 bridgehead atoms. The minimum atomic E-state index is -2.73. The number of hydrogen-bond acceptors (Lipinski definition) is 4. The van der Waals surface area contributed by atoms with Crippen LogP contribution in [0.15, 0.2) is 42.5 Å². The highest BCUT2D eigenvalue weighted by Gasteiger charge is 2.31. The van der Waals surface area contributed by atoms with Gasteiger partial charge in [-0.25, -0.2) is 0 Å². The second-order valence-corrected chi connectivity index (χ2v) is 14.1. The lowest BCUT2D eigenvalue weighted by atomic mass is 10.2. The molecule has 2 aromatic rings. The second kappa shape index (κ2) is 6.48. The molecule has 3 N–H and O–H groups in total. The van der Waals surface area contributed by atoms with Crippen molar-refractivity contribution in [3.63, 3.8) is 0 Å². The third-order valence-corrected chi connectivity index (χ3v) is 7.05. The van der Waals surface area contributed by atoms with Crippen LogP contribution in [-0.2, 0) is 6.61 Å². The standard InChI is InChI=1S/C17H24O4Si2/c1-22(2,19)14-10-15(18)17(16(11-14)23(3,4)20)21-12-13-8-6-5-7-9-13/h5-11,18-20H,12H2,1-4H3. The summed E-state index contributed by atoms with van der Waals surface area (Å²) in [6.45, 7) is 7.41. The van der Waals surface area contributed by atoms with Gasteiger partial charge in [0.05, 0.1) is 0 Å². The summed E-state index contributed by atoms with van der Waals surface area (Å²) in [5, 5.41) is 11.7. The van der Waals surface area contributed by atoms with E-state index in [-0.39, 0.29) is 5.75 Å². The van der Waals surface area contributed by atoms with Gasteiger partial charge >= 0.3 is 0 Å². The molecule has 124 valence electrons. The summed E-state index contributed by atoms with van der Waals surface area (Å²) in [5.41, 5.74) is 0.983. The van der Waals surface area contributed by atoms with Gasteiger partial charge in [-0.15, -0.1) is 0 Å². The monoisotopic (exact) mass is 348 g/mol. The quantitative estimate of drug-likeness (QED) is 0.721. The lowest BCUT2D eigenvalue weighted by molar-refractivity contribution is 0.291. The van der Waals surface area contributed by atoms with Crippen molar-refractivity contribution in [2.45, 2.75) is 32.8 Å². The SMILES string of the molecule is C[Si](C)(O)c1cc(O)c(OCc2ccccc2)c([Si](C)(C)O)c1. The first-order valence-electron chi connectivity index (χ1n) is 7.58. The zero-order chi connectivity index (χ0) is 17.3. The lowest BCUT2D eigenvalue weighted by Crippen LogP contribution is -2.48. The summed E-state index contributed by atoms with van der Waals surface area (Å²) in [4.78, 5) is 20.9. The highest BCUT2D eigenvalue weighted by molar-refractivity contribution is 6.86. The topological polar surface area (TPSA) is 69.9 Å². The van der Waals surface area contributed by atoms with Crippen LogP contribution in [0.5, 0.6) is 11.5 Å². The molecule has 2 aromatic carbocycles. The van der Waals surface area contributed by atoms with E-state index in [2.05, 4.69) is 0 Å². The maximum atomic E-state index is 10.6. The predicted molar refractivity (Wildman–Crippen MR) is 97.6 cm³/mol. The molecule has 2 rings (SSSR count). The average Bonchev–Trinajstić information content (AvgIpc) is 2.44. The number of phenolic OH excluding ortho intramolecular Hbond substituents is 1. The molecule has 0 unspecified atom stereocenters. The van der Waals surface area contributed by atoms with Crippen LogP contribution >= 0.6 is 0 Å². The molecule has 23 heavy (non-hydrogen) atoms. The van der Waals surface area contributed by atoms with Gasteiger partial charge in [-0.2, -0.15) is 0 Å². The maximum absolute atomic E-state index is 10.6. The molecule has 0 aliphatic heterocycles. The Labute approximate surface area is 139 Å². The van der Waals surface area contributed by atoms with Gasteiger partial charge in [0.2, 0.25) is 16.6 Å². The third kappa shape index (κ3) is 4.45. The van der Waals surface area contributed by atoms with Gasteiger partial charge in [0.1, 0.15) is 6.61 Å². The minimum absolute atomic E-state index is 0.0299. The van der Waals surface area contributed by atoms with Crippen molar-refractivity contribution < 1.29 is 19.4 Å². The smallest absolute Gasteiger partial charge is 0.217 e. The molecule has 0 aliphatic carbocycles. The molecule has 6 heteroatoms. The predicted octanol–water partition coefficient (Wildman–Crippen LogP) is 1.78. The minimum Gasteiger partial charge on any atom is -0.504 e. The Bertz CT molecular complexity index is 673. The third-order valence-electron chi connectivity index (χ3n) is 3.66. The lowest BCUT2D eigenvalue weighted by Gasteiger charge is -2.24. The number of aromatic hydroxyl groups is 1. The van der Waals surface area contributed by atoms with Crippen LogP contribution in [0.4, 0.5) is 0 Å². The van der Waals surface area contributed by atoms with Crippen LogP contribution in [0.2, 0.25) is 26.2 Å². The molecule has 0 aromatic heterocycles. The zero-order valence-electron chi connectivity index (χ0n) is 14.0. The molecular formula is C17H24O4Si2. The van der Waals surface area contributed by atoms with E-state index in [0.717, 1.165) is 5.56 Å². The van der Waals surface area contributed by atoms with Crippen LogP contribution < -0.4 is 15.1 Å². The Morgan fingerprint density at radius 1 is 0.913 bits per heavy atom.